The zero-order valence-electron chi connectivity index (χ0n) is 11.7. The van der Waals surface area contributed by atoms with Crippen LogP contribution in [0.15, 0.2) is 12.1 Å². The maximum absolute atomic E-state index is 12.3. The summed E-state index contributed by atoms with van der Waals surface area (Å²) in [5, 5.41) is 0.377. The first-order valence-corrected chi connectivity index (χ1v) is 6.69. The van der Waals surface area contributed by atoms with E-state index in [0.717, 1.165) is 12.1 Å². The van der Waals surface area contributed by atoms with Gasteiger partial charge < -0.3 is 4.90 Å². The van der Waals surface area contributed by atoms with E-state index < -0.39 is 0 Å². The van der Waals surface area contributed by atoms with E-state index in [2.05, 4.69) is 11.9 Å². The molecule has 0 bridgehead atoms. The number of nitrogens with zero attached hydrogens (tertiary/aromatic N) is 2. The van der Waals surface area contributed by atoms with Crippen LogP contribution in [0.25, 0.3) is 0 Å². The summed E-state index contributed by atoms with van der Waals surface area (Å²) in [7, 11) is 1.82. The molecule has 1 amide bonds. The highest BCUT2D eigenvalue weighted by molar-refractivity contribution is 6.29. The molecule has 1 rings (SSSR count). The van der Waals surface area contributed by atoms with Gasteiger partial charge in [-0.25, -0.2) is 4.98 Å². The van der Waals surface area contributed by atoms with Crippen molar-refractivity contribution in [3.8, 4) is 0 Å². The van der Waals surface area contributed by atoms with Crippen molar-refractivity contribution < 1.29 is 4.79 Å². The van der Waals surface area contributed by atoms with Crippen molar-refractivity contribution in [3.05, 3.63) is 28.5 Å². The van der Waals surface area contributed by atoms with Gasteiger partial charge in [0.05, 0.1) is 0 Å². The van der Waals surface area contributed by atoms with Crippen LogP contribution in [0.2, 0.25) is 5.15 Å². The summed E-state index contributed by atoms with van der Waals surface area (Å²) in [6.45, 7) is 8.16. The molecule has 0 aliphatic heterocycles. The summed E-state index contributed by atoms with van der Waals surface area (Å²) in [4.78, 5) is 18.3. The van der Waals surface area contributed by atoms with E-state index in [0.29, 0.717) is 10.7 Å². The molecular weight excluding hydrogens is 248 g/mol. The topological polar surface area (TPSA) is 33.2 Å². The predicted molar refractivity (Wildman–Crippen MR) is 75.2 cm³/mol. The second-order valence-corrected chi connectivity index (χ2v) is 5.32. The Hall–Kier alpha value is -1.09. The Kier molecular flexibility index (Phi) is 5.15. The number of carbonyl (C=O) groups is 1. The zero-order chi connectivity index (χ0) is 13.9. The highest BCUT2D eigenvalue weighted by Crippen LogP contribution is 2.19. The van der Waals surface area contributed by atoms with Crippen LogP contribution >= 0.6 is 11.6 Å². The average Bonchev–Trinajstić information content (AvgIpc) is 2.35. The van der Waals surface area contributed by atoms with Gasteiger partial charge in [0, 0.05) is 24.3 Å². The fourth-order valence-corrected chi connectivity index (χ4v) is 1.83. The Labute approximate surface area is 114 Å². The Morgan fingerprint density at radius 2 is 2.00 bits per heavy atom. The van der Waals surface area contributed by atoms with Gasteiger partial charge in [-0.05, 0) is 31.4 Å². The van der Waals surface area contributed by atoms with Gasteiger partial charge in [-0.1, -0.05) is 32.4 Å². The lowest BCUT2D eigenvalue weighted by Crippen LogP contribution is -2.34. The first-order chi connectivity index (χ1) is 8.36. The van der Waals surface area contributed by atoms with Crippen LogP contribution in [0.4, 0.5) is 0 Å². The van der Waals surface area contributed by atoms with E-state index in [1.165, 1.54) is 0 Å². The van der Waals surface area contributed by atoms with Gasteiger partial charge in [0.25, 0.3) is 5.91 Å². The minimum absolute atomic E-state index is 0.00412. The molecule has 0 fully saturated rings. The number of halogens is 1. The van der Waals surface area contributed by atoms with Crippen LogP contribution < -0.4 is 0 Å². The molecule has 1 aromatic heterocycles. The minimum Gasteiger partial charge on any atom is -0.339 e. The highest BCUT2D eigenvalue weighted by atomic mass is 35.5. The number of amides is 1. The second kappa shape index (κ2) is 6.19. The summed E-state index contributed by atoms with van der Waals surface area (Å²) in [6, 6.07) is 3.68. The summed E-state index contributed by atoms with van der Waals surface area (Å²) in [5.74, 6) is 0.250. The van der Waals surface area contributed by atoms with Crippen molar-refractivity contribution in [3.63, 3.8) is 0 Å². The summed E-state index contributed by atoms with van der Waals surface area (Å²) in [5.41, 5.74) is 1.46. The quantitative estimate of drug-likeness (QED) is 0.780. The average molecular weight is 269 g/mol. The summed E-state index contributed by atoms with van der Waals surface area (Å²) < 4.78 is 0. The van der Waals surface area contributed by atoms with Crippen molar-refractivity contribution >= 4 is 17.5 Å². The SMILES string of the molecule is CCC(C)N(C)C(=O)c1cc(Cl)nc(C(C)C)c1. The number of hydrogen-bond donors (Lipinski definition) is 0. The van der Waals surface area contributed by atoms with Crippen LogP contribution in [0.3, 0.4) is 0 Å². The smallest absolute Gasteiger partial charge is 0.254 e. The van der Waals surface area contributed by atoms with Crippen molar-refractivity contribution in [2.24, 2.45) is 0 Å². The molecule has 0 saturated carbocycles. The van der Waals surface area contributed by atoms with Crippen LogP contribution in [-0.2, 0) is 0 Å². The molecule has 0 radical (unpaired) electrons. The van der Waals surface area contributed by atoms with Crippen LogP contribution in [0, 0.1) is 0 Å². The molecule has 0 spiro atoms. The summed E-state index contributed by atoms with van der Waals surface area (Å²) >= 11 is 5.97. The van der Waals surface area contributed by atoms with E-state index in [-0.39, 0.29) is 17.9 Å². The van der Waals surface area contributed by atoms with E-state index in [9.17, 15) is 4.79 Å². The molecular formula is C14H21ClN2O. The van der Waals surface area contributed by atoms with E-state index in [1.54, 1.807) is 11.0 Å². The third-order valence-electron chi connectivity index (χ3n) is 3.22. The Balaban J connectivity index is 3.06. The lowest BCUT2D eigenvalue weighted by atomic mass is 10.1. The van der Waals surface area contributed by atoms with Gasteiger partial charge in [-0.3, -0.25) is 4.79 Å². The maximum Gasteiger partial charge on any atom is 0.254 e. The number of pyridine rings is 1. The van der Waals surface area contributed by atoms with Crippen molar-refractivity contribution in [2.45, 2.75) is 46.1 Å². The molecule has 0 aliphatic rings. The van der Waals surface area contributed by atoms with Gasteiger partial charge >= 0.3 is 0 Å². The largest absolute Gasteiger partial charge is 0.339 e. The fraction of sp³-hybridized carbons (Fsp3) is 0.571. The standard InChI is InChI=1S/C14H21ClN2O/c1-6-10(4)17(5)14(18)11-7-12(9(2)3)16-13(15)8-11/h7-10H,6H2,1-5H3. The van der Waals surface area contributed by atoms with Gasteiger partial charge in [0.15, 0.2) is 0 Å². The predicted octanol–water partition coefficient (Wildman–Crippen LogP) is 3.73. The molecule has 1 unspecified atom stereocenters. The molecule has 1 atom stereocenters. The number of carbonyl (C=O) groups excluding carboxylic acids is 1. The first-order valence-electron chi connectivity index (χ1n) is 6.31. The Morgan fingerprint density at radius 1 is 1.39 bits per heavy atom. The molecule has 0 aromatic carbocycles. The molecule has 0 aliphatic carbocycles. The second-order valence-electron chi connectivity index (χ2n) is 4.93. The first kappa shape index (κ1) is 15.0. The van der Waals surface area contributed by atoms with Crippen molar-refractivity contribution in [1.29, 1.82) is 0 Å². The lowest BCUT2D eigenvalue weighted by Gasteiger charge is -2.24. The lowest BCUT2D eigenvalue weighted by molar-refractivity contribution is 0.0740. The highest BCUT2D eigenvalue weighted by Gasteiger charge is 2.18. The van der Waals surface area contributed by atoms with Gasteiger partial charge in [0.1, 0.15) is 5.15 Å². The molecule has 4 heteroatoms. The molecule has 18 heavy (non-hydrogen) atoms. The van der Waals surface area contributed by atoms with E-state index in [4.69, 9.17) is 11.6 Å². The fourth-order valence-electron chi connectivity index (χ4n) is 1.61. The molecule has 0 N–H and O–H groups in total. The number of rotatable bonds is 4. The number of hydrogen-bond acceptors (Lipinski definition) is 2. The van der Waals surface area contributed by atoms with Crippen molar-refractivity contribution in [2.75, 3.05) is 7.05 Å². The van der Waals surface area contributed by atoms with Crippen LogP contribution in [0.1, 0.15) is 56.1 Å². The summed E-state index contributed by atoms with van der Waals surface area (Å²) in [6.07, 6.45) is 0.929. The van der Waals surface area contributed by atoms with Crippen LogP contribution in [0.5, 0.6) is 0 Å². The zero-order valence-corrected chi connectivity index (χ0v) is 12.5. The molecule has 0 saturated heterocycles. The van der Waals surface area contributed by atoms with E-state index >= 15 is 0 Å². The molecule has 3 nitrogen and oxygen atoms in total. The third-order valence-corrected chi connectivity index (χ3v) is 3.42. The molecule has 1 aromatic rings. The van der Waals surface area contributed by atoms with Gasteiger partial charge in [0.2, 0.25) is 0 Å². The van der Waals surface area contributed by atoms with Crippen molar-refractivity contribution in [1.82, 2.24) is 9.88 Å². The van der Waals surface area contributed by atoms with Gasteiger partial charge in [-0.15, -0.1) is 0 Å². The third kappa shape index (κ3) is 3.45. The van der Waals surface area contributed by atoms with Gasteiger partial charge in [-0.2, -0.15) is 0 Å². The monoisotopic (exact) mass is 268 g/mol. The maximum atomic E-state index is 12.3. The Bertz CT molecular complexity index is 432. The Morgan fingerprint density at radius 3 is 2.50 bits per heavy atom. The molecule has 1 heterocycles. The van der Waals surface area contributed by atoms with E-state index in [1.807, 2.05) is 33.9 Å². The number of aromatic nitrogens is 1. The normalized spacial score (nSPS) is 12.6. The molecule has 100 valence electrons. The van der Waals surface area contributed by atoms with Crippen LogP contribution in [-0.4, -0.2) is 28.9 Å². The minimum atomic E-state index is -0.00412.